The van der Waals surface area contributed by atoms with Gasteiger partial charge in [-0.15, -0.1) is 0 Å². The van der Waals surface area contributed by atoms with Crippen LogP contribution in [0, 0.1) is 17.0 Å². The maximum absolute atomic E-state index is 13.6. The second-order valence-electron chi connectivity index (χ2n) is 5.08. The van der Waals surface area contributed by atoms with Crippen LogP contribution in [-0.4, -0.2) is 12.6 Å². The van der Waals surface area contributed by atoms with Crippen LogP contribution in [0.1, 0.15) is 38.8 Å². The van der Waals surface area contributed by atoms with Crippen LogP contribution in [0.2, 0.25) is 0 Å². The molecule has 3 nitrogen and oxygen atoms in total. The molecular weight excluding hydrogens is 252 g/mol. The molecule has 1 rings (SSSR count). The van der Waals surface area contributed by atoms with E-state index in [4.69, 9.17) is 10.5 Å². The molecule has 106 valence electrons. The van der Waals surface area contributed by atoms with Crippen LogP contribution in [0.5, 0.6) is 0 Å². The third kappa shape index (κ3) is 3.99. The lowest BCUT2D eigenvalue weighted by Crippen LogP contribution is -2.31. The Morgan fingerprint density at radius 2 is 2.05 bits per heavy atom. The van der Waals surface area contributed by atoms with E-state index in [0.717, 1.165) is 18.2 Å². The number of carbonyl (C=O) groups excluding carboxylic acids is 1. The average Bonchev–Trinajstić information content (AvgIpc) is 2.32. The predicted molar refractivity (Wildman–Crippen MR) is 68.3 cm³/mol. The van der Waals surface area contributed by atoms with Gasteiger partial charge in [-0.2, -0.15) is 0 Å². The van der Waals surface area contributed by atoms with Gasteiger partial charge < -0.3 is 10.5 Å². The van der Waals surface area contributed by atoms with Gasteiger partial charge in [-0.1, -0.05) is 0 Å². The Labute approximate surface area is 111 Å². The molecule has 0 aromatic heterocycles. The summed E-state index contributed by atoms with van der Waals surface area (Å²) in [5, 5.41) is 0. The topological polar surface area (TPSA) is 52.3 Å². The number of halogens is 2. The smallest absolute Gasteiger partial charge is 0.311 e. The highest BCUT2D eigenvalue weighted by molar-refractivity contribution is 5.75. The van der Waals surface area contributed by atoms with Crippen molar-refractivity contribution in [1.82, 2.24) is 0 Å². The lowest BCUT2D eigenvalue weighted by atomic mass is 9.83. The van der Waals surface area contributed by atoms with E-state index < -0.39 is 29.1 Å². The molecule has 0 bridgehead atoms. The van der Waals surface area contributed by atoms with E-state index in [-0.39, 0.29) is 18.6 Å². The van der Waals surface area contributed by atoms with Crippen LogP contribution in [0.25, 0.3) is 0 Å². The molecule has 5 heteroatoms. The van der Waals surface area contributed by atoms with E-state index in [1.165, 1.54) is 0 Å². The average molecular weight is 271 g/mol. The normalized spacial score (nSPS) is 13.2. The molecule has 2 N–H and O–H groups in total. The minimum atomic E-state index is -0.853. The molecule has 0 saturated heterocycles. The number of rotatable bonds is 5. The standard InChI is InChI=1S/C14H19F2NO2/c1-4-19-13(18)14(2,3)8-12(17)10-7-9(15)5-6-11(10)16/h5-7,12H,4,8,17H2,1-3H3. The van der Waals surface area contributed by atoms with E-state index in [0.29, 0.717) is 0 Å². The second-order valence-corrected chi connectivity index (χ2v) is 5.08. The van der Waals surface area contributed by atoms with Crippen LogP contribution >= 0.6 is 0 Å². The van der Waals surface area contributed by atoms with Gasteiger partial charge in [0.25, 0.3) is 0 Å². The summed E-state index contributed by atoms with van der Waals surface area (Å²) in [6.07, 6.45) is 0.173. The highest BCUT2D eigenvalue weighted by Crippen LogP contribution is 2.31. The fourth-order valence-corrected chi connectivity index (χ4v) is 1.87. The van der Waals surface area contributed by atoms with Gasteiger partial charge in [0, 0.05) is 11.6 Å². The zero-order valence-corrected chi connectivity index (χ0v) is 11.4. The summed E-state index contributed by atoms with van der Waals surface area (Å²) in [5.41, 5.74) is 5.08. The molecule has 0 fully saturated rings. The maximum Gasteiger partial charge on any atom is 0.311 e. The SMILES string of the molecule is CCOC(=O)C(C)(C)CC(N)c1cc(F)ccc1F. The van der Waals surface area contributed by atoms with E-state index in [2.05, 4.69) is 0 Å². The number of hydrogen-bond donors (Lipinski definition) is 1. The van der Waals surface area contributed by atoms with Gasteiger partial charge in [-0.3, -0.25) is 4.79 Å². The molecule has 0 aliphatic rings. The molecule has 0 aliphatic heterocycles. The summed E-state index contributed by atoms with van der Waals surface area (Å²) < 4.78 is 31.6. The number of esters is 1. The number of nitrogens with two attached hydrogens (primary N) is 1. The monoisotopic (exact) mass is 271 g/mol. The fourth-order valence-electron chi connectivity index (χ4n) is 1.87. The van der Waals surface area contributed by atoms with Gasteiger partial charge in [-0.05, 0) is 45.4 Å². The van der Waals surface area contributed by atoms with Gasteiger partial charge in [0.05, 0.1) is 12.0 Å². The minimum absolute atomic E-state index is 0.0670. The van der Waals surface area contributed by atoms with E-state index >= 15 is 0 Å². The van der Waals surface area contributed by atoms with Crippen molar-refractivity contribution in [3.8, 4) is 0 Å². The molecule has 19 heavy (non-hydrogen) atoms. The third-order valence-corrected chi connectivity index (χ3v) is 2.92. The molecule has 1 unspecified atom stereocenters. The molecule has 0 aliphatic carbocycles. The maximum atomic E-state index is 13.6. The summed E-state index contributed by atoms with van der Waals surface area (Å²) in [6, 6.07) is 2.35. The van der Waals surface area contributed by atoms with Crippen LogP contribution < -0.4 is 5.73 Å². The Morgan fingerprint density at radius 1 is 1.42 bits per heavy atom. The number of hydrogen-bond acceptors (Lipinski definition) is 3. The van der Waals surface area contributed by atoms with Crippen LogP contribution in [0.15, 0.2) is 18.2 Å². The second kappa shape index (κ2) is 6.10. The molecule has 0 heterocycles. The van der Waals surface area contributed by atoms with Crippen LogP contribution in [-0.2, 0) is 9.53 Å². The van der Waals surface area contributed by atoms with Gasteiger partial charge >= 0.3 is 5.97 Å². The Balaban J connectivity index is 2.86. The first-order chi connectivity index (χ1) is 8.77. The van der Waals surface area contributed by atoms with Crippen molar-refractivity contribution in [3.63, 3.8) is 0 Å². The molecule has 1 aromatic rings. The summed E-state index contributed by atoms with van der Waals surface area (Å²) in [5.74, 6) is -1.53. The van der Waals surface area contributed by atoms with Crippen molar-refractivity contribution in [2.24, 2.45) is 11.1 Å². The van der Waals surface area contributed by atoms with Crippen molar-refractivity contribution in [3.05, 3.63) is 35.4 Å². The number of carbonyl (C=O) groups is 1. The predicted octanol–water partition coefficient (Wildman–Crippen LogP) is 2.94. The van der Waals surface area contributed by atoms with Gasteiger partial charge in [0.15, 0.2) is 0 Å². The lowest BCUT2D eigenvalue weighted by Gasteiger charge is -2.26. The zero-order valence-electron chi connectivity index (χ0n) is 11.4. The van der Waals surface area contributed by atoms with Crippen molar-refractivity contribution in [2.45, 2.75) is 33.2 Å². The highest BCUT2D eigenvalue weighted by atomic mass is 19.1. The summed E-state index contributed by atoms with van der Waals surface area (Å²) in [6.45, 7) is 5.32. The minimum Gasteiger partial charge on any atom is -0.466 e. The quantitative estimate of drug-likeness (QED) is 0.838. The van der Waals surface area contributed by atoms with Crippen molar-refractivity contribution in [2.75, 3.05) is 6.61 Å². The zero-order chi connectivity index (χ0) is 14.6. The van der Waals surface area contributed by atoms with Crippen molar-refractivity contribution >= 4 is 5.97 Å². The van der Waals surface area contributed by atoms with Crippen LogP contribution in [0.3, 0.4) is 0 Å². The molecule has 0 saturated carbocycles. The van der Waals surface area contributed by atoms with Crippen molar-refractivity contribution in [1.29, 1.82) is 0 Å². The first-order valence-corrected chi connectivity index (χ1v) is 6.15. The van der Waals surface area contributed by atoms with E-state index in [1.54, 1.807) is 20.8 Å². The third-order valence-electron chi connectivity index (χ3n) is 2.92. The Kier molecular flexibility index (Phi) is 5.00. The van der Waals surface area contributed by atoms with Gasteiger partial charge in [0.2, 0.25) is 0 Å². The van der Waals surface area contributed by atoms with E-state index in [9.17, 15) is 13.6 Å². The number of ether oxygens (including phenoxy) is 1. The Morgan fingerprint density at radius 3 is 2.63 bits per heavy atom. The molecular formula is C14H19F2NO2. The molecule has 0 radical (unpaired) electrons. The lowest BCUT2D eigenvalue weighted by molar-refractivity contribution is -0.154. The van der Waals surface area contributed by atoms with Crippen molar-refractivity contribution < 1.29 is 18.3 Å². The molecule has 0 spiro atoms. The molecule has 1 atom stereocenters. The first kappa shape index (κ1) is 15.6. The molecule has 0 amide bonds. The summed E-state index contributed by atoms with van der Waals surface area (Å²) >= 11 is 0. The highest BCUT2D eigenvalue weighted by Gasteiger charge is 2.32. The Bertz CT molecular complexity index is 461. The Hall–Kier alpha value is -1.49. The van der Waals surface area contributed by atoms with Crippen LogP contribution in [0.4, 0.5) is 8.78 Å². The summed E-state index contributed by atoms with van der Waals surface area (Å²) in [7, 11) is 0. The fraction of sp³-hybridized carbons (Fsp3) is 0.500. The van der Waals surface area contributed by atoms with Gasteiger partial charge in [0.1, 0.15) is 11.6 Å². The largest absolute Gasteiger partial charge is 0.466 e. The first-order valence-electron chi connectivity index (χ1n) is 6.15. The van der Waals surface area contributed by atoms with E-state index in [1.807, 2.05) is 0 Å². The van der Waals surface area contributed by atoms with Gasteiger partial charge in [-0.25, -0.2) is 8.78 Å². The summed E-state index contributed by atoms with van der Waals surface area (Å²) in [4.78, 5) is 11.7. The number of benzene rings is 1. The molecule has 1 aromatic carbocycles.